The van der Waals surface area contributed by atoms with Crippen molar-refractivity contribution >= 4 is 11.9 Å². The molecule has 0 bridgehead atoms. The Morgan fingerprint density at radius 3 is 2.31 bits per heavy atom. The minimum Gasteiger partial charge on any atom is -0.261 e. The molecular weight excluding hydrogens is 194 g/mol. The first-order valence-corrected chi connectivity index (χ1v) is 5.86. The number of rotatable bonds is 4. The first-order chi connectivity index (χ1) is 7.61. The van der Waals surface area contributed by atoms with E-state index in [1.807, 2.05) is 12.3 Å². The molecule has 16 heavy (non-hydrogen) atoms. The summed E-state index contributed by atoms with van der Waals surface area (Å²) in [6, 6.07) is 10.3. The van der Waals surface area contributed by atoms with Crippen LogP contribution in [0, 0.1) is 5.92 Å². The zero-order valence-corrected chi connectivity index (χ0v) is 10.7. The van der Waals surface area contributed by atoms with Crippen molar-refractivity contribution in [1.29, 1.82) is 0 Å². The molecule has 0 amide bonds. The molecule has 0 aliphatic carbocycles. The lowest BCUT2D eigenvalue weighted by molar-refractivity contribution is 0.691. The summed E-state index contributed by atoms with van der Waals surface area (Å²) in [7, 11) is 0. The van der Waals surface area contributed by atoms with Gasteiger partial charge in [0.15, 0.2) is 0 Å². The van der Waals surface area contributed by atoms with Crippen molar-refractivity contribution in [3.8, 4) is 0 Å². The molecule has 1 nitrogen and oxygen atoms in total. The van der Waals surface area contributed by atoms with Crippen molar-refractivity contribution in [2.24, 2.45) is 10.9 Å². The lowest BCUT2D eigenvalue weighted by Gasteiger charge is -2.05. The summed E-state index contributed by atoms with van der Waals surface area (Å²) in [5.74, 6) is 0.665. The molecule has 86 valence electrons. The molecule has 0 saturated heterocycles. The molecule has 1 rings (SSSR count). The maximum absolute atomic E-state index is 4.59. The van der Waals surface area contributed by atoms with Crippen LogP contribution in [0.3, 0.4) is 0 Å². The van der Waals surface area contributed by atoms with Crippen LogP contribution in [0.15, 0.2) is 40.9 Å². The Bertz CT molecular complexity index is 368. The minimum absolute atomic E-state index is 0.665. The van der Waals surface area contributed by atoms with Crippen molar-refractivity contribution in [2.75, 3.05) is 0 Å². The minimum atomic E-state index is 0.665. The zero-order valence-electron chi connectivity index (χ0n) is 10.7. The first-order valence-electron chi connectivity index (χ1n) is 5.86. The molecule has 0 aromatic heterocycles. The molecule has 0 aliphatic rings. The predicted octanol–water partition coefficient (Wildman–Crippen LogP) is 4.55. The van der Waals surface area contributed by atoms with Crippen LogP contribution in [0.4, 0.5) is 0 Å². The highest BCUT2D eigenvalue weighted by Gasteiger charge is 2.00. The SMILES string of the molecule is CC(C)=C(N=CCC(C)C)c1ccccc1. The monoisotopic (exact) mass is 215 g/mol. The fraction of sp³-hybridized carbons (Fsp3) is 0.400. The highest BCUT2D eigenvalue weighted by Crippen LogP contribution is 2.19. The van der Waals surface area contributed by atoms with Crippen LogP contribution in [0.1, 0.15) is 39.7 Å². The average molecular weight is 215 g/mol. The van der Waals surface area contributed by atoms with Gasteiger partial charge in [0.25, 0.3) is 0 Å². The molecule has 0 saturated carbocycles. The Morgan fingerprint density at radius 2 is 1.81 bits per heavy atom. The third-order valence-electron chi connectivity index (χ3n) is 2.32. The van der Waals surface area contributed by atoms with Gasteiger partial charge in [-0.3, -0.25) is 4.99 Å². The molecule has 0 aliphatic heterocycles. The molecular formula is C15H21N. The molecule has 0 spiro atoms. The van der Waals surface area contributed by atoms with Gasteiger partial charge in [-0.2, -0.15) is 0 Å². The topological polar surface area (TPSA) is 12.4 Å². The fourth-order valence-corrected chi connectivity index (χ4v) is 1.44. The van der Waals surface area contributed by atoms with Gasteiger partial charge in [-0.15, -0.1) is 0 Å². The van der Waals surface area contributed by atoms with Crippen molar-refractivity contribution in [1.82, 2.24) is 0 Å². The van der Waals surface area contributed by atoms with E-state index in [1.54, 1.807) is 0 Å². The summed E-state index contributed by atoms with van der Waals surface area (Å²) < 4.78 is 0. The van der Waals surface area contributed by atoms with Gasteiger partial charge in [-0.05, 0) is 26.2 Å². The Balaban J connectivity index is 2.87. The summed E-state index contributed by atoms with van der Waals surface area (Å²) >= 11 is 0. The second-order valence-electron chi connectivity index (χ2n) is 4.66. The van der Waals surface area contributed by atoms with Crippen molar-refractivity contribution in [3.05, 3.63) is 41.5 Å². The van der Waals surface area contributed by atoms with Crippen LogP contribution < -0.4 is 0 Å². The Kier molecular flexibility index (Phi) is 4.97. The van der Waals surface area contributed by atoms with Gasteiger partial charge in [-0.25, -0.2) is 0 Å². The van der Waals surface area contributed by atoms with Crippen LogP contribution in [-0.2, 0) is 0 Å². The van der Waals surface area contributed by atoms with Crippen LogP contribution in [0.2, 0.25) is 0 Å². The maximum atomic E-state index is 4.59. The third kappa shape index (κ3) is 4.01. The molecule has 0 unspecified atom stereocenters. The number of allylic oxidation sites excluding steroid dienone is 1. The predicted molar refractivity (Wildman–Crippen MR) is 72.7 cm³/mol. The molecule has 0 radical (unpaired) electrons. The van der Waals surface area contributed by atoms with Crippen molar-refractivity contribution in [3.63, 3.8) is 0 Å². The van der Waals surface area contributed by atoms with Crippen LogP contribution in [0.5, 0.6) is 0 Å². The number of hydrogen-bond donors (Lipinski definition) is 0. The average Bonchev–Trinajstić information content (AvgIpc) is 2.25. The highest BCUT2D eigenvalue weighted by atomic mass is 14.7. The van der Waals surface area contributed by atoms with Gasteiger partial charge in [-0.1, -0.05) is 49.8 Å². The smallest absolute Gasteiger partial charge is 0.0684 e. The van der Waals surface area contributed by atoms with Gasteiger partial charge in [0.2, 0.25) is 0 Å². The lowest BCUT2D eigenvalue weighted by Crippen LogP contribution is -1.89. The lowest BCUT2D eigenvalue weighted by atomic mass is 10.1. The number of aliphatic imine (C=N–C) groups is 1. The van der Waals surface area contributed by atoms with E-state index in [1.165, 1.54) is 11.1 Å². The van der Waals surface area contributed by atoms with Gasteiger partial charge in [0.05, 0.1) is 5.70 Å². The van der Waals surface area contributed by atoms with E-state index < -0.39 is 0 Å². The van der Waals surface area contributed by atoms with E-state index in [9.17, 15) is 0 Å². The summed E-state index contributed by atoms with van der Waals surface area (Å²) in [5, 5.41) is 0. The van der Waals surface area contributed by atoms with Crippen molar-refractivity contribution < 1.29 is 0 Å². The Morgan fingerprint density at radius 1 is 1.19 bits per heavy atom. The fourth-order valence-electron chi connectivity index (χ4n) is 1.44. The van der Waals surface area contributed by atoms with E-state index in [-0.39, 0.29) is 0 Å². The van der Waals surface area contributed by atoms with Gasteiger partial charge in [0.1, 0.15) is 0 Å². The first kappa shape index (κ1) is 12.7. The Hall–Kier alpha value is -1.37. The third-order valence-corrected chi connectivity index (χ3v) is 2.32. The molecule has 1 aromatic carbocycles. The largest absolute Gasteiger partial charge is 0.261 e. The summed E-state index contributed by atoms with van der Waals surface area (Å²) in [5.41, 5.74) is 3.55. The van der Waals surface area contributed by atoms with E-state index in [2.05, 4.69) is 57.0 Å². The molecule has 0 heterocycles. The van der Waals surface area contributed by atoms with Gasteiger partial charge in [0, 0.05) is 11.8 Å². The molecule has 0 fully saturated rings. The number of benzene rings is 1. The molecule has 0 atom stereocenters. The van der Waals surface area contributed by atoms with E-state index in [0.29, 0.717) is 5.92 Å². The van der Waals surface area contributed by atoms with E-state index in [0.717, 1.165) is 12.1 Å². The molecule has 0 N–H and O–H groups in total. The normalized spacial score (nSPS) is 11.1. The highest BCUT2D eigenvalue weighted by molar-refractivity contribution is 5.75. The van der Waals surface area contributed by atoms with Gasteiger partial charge >= 0.3 is 0 Å². The Labute approximate surface area is 98.9 Å². The zero-order chi connectivity index (χ0) is 12.0. The standard InChI is InChI=1S/C15H21N/c1-12(2)10-11-16-15(13(3)4)14-8-6-5-7-9-14/h5-9,11-12H,10H2,1-4H3. The quantitative estimate of drug-likeness (QED) is 0.653. The van der Waals surface area contributed by atoms with Gasteiger partial charge < -0.3 is 0 Å². The second kappa shape index (κ2) is 6.26. The van der Waals surface area contributed by atoms with Crippen LogP contribution in [-0.4, -0.2) is 6.21 Å². The van der Waals surface area contributed by atoms with Crippen LogP contribution in [0.25, 0.3) is 5.70 Å². The maximum Gasteiger partial charge on any atom is 0.0684 e. The van der Waals surface area contributed by atoms with E-state index >= 15 is 0 Å². The summed E-state index contributed by atoms with van der Waals surface area (Å²) in [4.78, 5) is 4.59. The molecule has 1 heteroatoms. The van der Waals surface area contributed by atoms with Crippen molar-refractivity contribution in [2.45, 2.75) is 34.1 Å². The number of hydrogen-bond acceptors (Lipinski definition) is 1. The molecule has 1 aromatic rings. The van der Waals surface area contributed by atoms with E-state index in [4.69, 9.17) is 0 Å². The summed E-state index contributed by atoms with van der Waals surface area (Å²) in [6.07, 6.45) is 3.06. The number of nitrogens with zero attached hydrogens (tertiary/aromatic N) is 1. The van der Waals surface area contributed by atoms with Crippen LogP contribution >= 0.6 is 0 Å². The summed E-state index contributed by atoms with van der Waals surface area (Å²) in [6.45, 7) is 8.62. The second-order valence-corrected chi connectivity index (χ2v) is 4.66.